The number of pyridine rings is 2. The molecular weight excluding hydrogens is 869 g/mol. The van der Waals surface area contributed by atoms with Crippen molar-refractivity contribution in [2.75, 3.05) is 32.3 Å². The number of halogens is 7. The summed E-state index contributed by atoms with van der Waals surface area (Å²) in [5, 5.41) is 1.33. The fraction of sp³-hybridized carbons (Fsp3) is 0.250. The highest BCUT2D eigenvalue weighted by Gasteiger charge is 2.46. The van der Waals surface area contributed by atoms with Crippen LogP contribution in [0.2, 0.25) is 10.0 Å². The Bertz CT molecular complexity index is 2080. The second-order valence-electron chi connectivity index (χ2n) is 10.3. The van der Waals surface area contributed by atoms with Crippen LogP contribution in [-0.2, 0) is 15.0 Å². The number of alkyl halides is 1. The highest BCUT2D eigenvalue weighted by atomic mass is 79.9. The SMILES string of the molecule is C1CCOC1.CBr.NC1=NC2(COC1)c1cc(Br)c(F)cc1Oc1ncc(Cl)cc12.O=c1c2cc(Br)c(F)cc2oc2ncc(Cl)cc12. The Kier molecular flexibility index (Phi) is 12.1. The summed E-state index contributed by atoms with van der Waals surface area (Å²) in [6.45, 7) is 2.47. The van der Waals surface area contributed by atoms with Crippen molar-refractivity contribution in [2.24, 2.45) is 10.7 Å². The Morgan fingerprint density at radius 3 is 2.21 bits per heavy atom. The summed E-state index contributed by atoms with van der Waals surface area (Å²) < 4.78 is 49.5. The number of benzene rings is 2. The molecule has 3 aliphatic heterocycles. The summed E-state index contributed by atoms with van der Waals surface area (Å²) in [7, 11) is 0. The van der Waals surface area contributed by atoms with Gasteiger partial charge in [-0.25, -0.2) is 18.7 Å². The molecule has 3 aliphatic rings. The van der Waals surface area contributed by atoms with Crippen molar-refractivity contribution in [1.29, 1.82) is 0 Å². The largest absolute Gasteiger partial charge is 0.438 e. The van der Waals surface area contributed by atoms with Gasteiger partial charge in [-0.2, -0.15) is 0 Å². The van der Waals surface area contributed by atoms with Crippen molar-refractivity contribution >= 4 is 98.9 Å². The molecule has 1 atom stereocenters. The van der Waals surface area contributed by atoms with E-state index < -0.39 is 17.2 Å². The molecule has 3 aromatic heterocycles. The van der Waals surface area contributed by atoms with Gasteiger partial charge < -0.3 is 24.4 Å². The average Bonchev–Trinajstić information content (AvgIpc) is 3.67. The van der Waals surface area contributed by atoms with Gasteiger partial charge in [-0.3, -0.25) is 9.79 Å². The molecular formula is C32H25Br3Cl2F2N4O5. The quantitative estimate of drug-likeness (QED) is 0.121. The number of hydrogen-bond donors (Lipinski definition) is 1. The van der Waals surface area contributed by atoms with E-state index in [2.05, 4.69) is 62.8 Å². The van der Waals surface area contributed by atoms with E-state index in [-0.39, 0.29) is 45.2 Å². The number of fused-ring (bicyclic) bond motifs is 6. The minimum atomic E-state index is -0.959. The van der Waals surface area contributed by atoms with E-state index in [1.165, 1.54) is 43.4 Å². The molecule has 1 spiro atoms. The average molecular weight is 894 g/mol. The van der Waals surface area contributed by atoms with Crippen molar-refractivity contribution in [1.82, 2.24) is 9.97 Å². The summed E-state index contributed by atoms with van der Waals surface area (Å²) in [4.78, 5) is 24.9. The molecule has 8 rings (SSSR count). The van der Waals surface area contributed by atoms with Crippen LogP contribution in [0, 0.1) is 11.6 Å². The molecule has 0 amide bonds. The molecule has 0 aliphatic carbocycles. The molecule has 6 heterocycles. The first-order chi connectivity index (χ1) is 23.1. The van der Waals surface area contributed by atoms with E-state index in [1.54, 1.807) is 12.1 Å². The number of nitrogens with two attached hydrogens (primary N) is 1. The number of hydrogen-bond acceptors (Lipinski definition) is 9. The van der Waals surface area contributed by atoms with Crippen LogP contribution in [0.25, 0.3) is 22.1 Å². The molecule has 0 bridgehead atoms. The maximum atomic E-state index is 13.9. The Labute approximate surface area is 308 Å². The van der Waals surface area contributed by atoms with Crippen LogP contribution >= 0.6 is 71.0 Å². The van der Waals surface area contributed by atoms with Gasteiger partial charge in [0.15, 0.2) is 0 Å². The highest BCUT2D eigenvalue weighted by Crippen LogP contribution is 2.50. The Morgan fingerprint density at radius 1 is 0.854 bits per heavy atom. The number of aliphatic imine (C=N–C) groups is 1. The van der Waals surface area contributed by atoms with E-state index in [0.717, 1.165) is 19.3 Å². The van der Waals surface area contributed by atoms with Crippen molar-refractivity contribution in [3.8, 4) is 11.6 Å². The van der Waals surface area contributed by atoms with Crippen LogP contribution in [0.4, 0.5) is 8.78 Å². The fourth-order valence-corrected chi connectivity index (χ4v) is 6.10. The standard InChI is InChI=1S/C15H10BrClFN3O2.C12H4BrClFNO2.C4H8O.CH3Br/c16-10-2-8-12(3-11(10)18)23-14-9(1-7(17)4-20-14)15(8)6-22-5-13(19)21-15;13-8-2-6-10(3-9(8)15)18-12-7(11(6)17)1-5(14)4-16-12;1-2-4-5-3-1;1-2/h1-4H,5-6H2,(H2,19,21);1-4H;1-4H2;1H3. The first-order valence-electron chi connectivity index (χ1n) is 14.1. The lowest BCUT2D eigenvalue weighted by molar-refractivity contribution is 0.109. The lowest BCUT2D eigenvalue weighted by Gasteiger charge is -2.38. The minimum absolute atomic E-state index is 0.138. The maximum absolute atomic E-state index is 13.9. The molecule has 5 aromatic rings. The topological polar surface area (TPSA) is 122 Å². The molecule has 252 valence electrons. The summed E-state index contributed by atoms with van der Waals surface area (Å²) in [5.74, 6) is 1.85. The third-order valence-electron chi connectivity index (χ3n) is 7.20. The van der Waals surface area contributed by atoms with Crippen molar-refractivity contribution in [3.05, 3.63) is 101 Å². The molecule has 0 radical (unpaired) electrons. The van der Waals surface area contributed by atoms with E-state index >= 15 is 0 Å². The summed E-state index contributed by atoms with van der Waals surface area (Å²) in [6.07, 6.45) is 5.39. The molecule has 0 saturated carbocycles. The molecule has 1 saturated heterocycles. The summed E-state index contributed by atoms with van der Waals surface area (Å²) >= 11 is 21.0. The van der Waals surface area contributed by atoms with E-state index in [1.807, 2.05) is 5.83 Å². The monoisotopic (exact) mass is 890 g/mol. The predicted molar refractivity (Wildman–Crippen MR) is 192 cm³/mol. The Morgan fingerprint density at radius 2 is 1.52 bits per heavy atom. The van der Waals surface area contributed by atoms with Gasteiger partial charge in [-0.1, -0.05) is 39.1 Å². The van der Waals surface area contributed by atoms with Crippen LogP contribution in [0.1, 0.15) is 24.0 Å². The van der Waals surface area contributed by atoms with Crippen molar-refractivity contribution in [2.45, 2.75) is 18.4 Å². The number of aromatic nitrogens is 2. The number of amidine groups is 1. The summed E-state index contributed by atoms with van der Waals surface area (Å²) in [5.41, 5.74) is 6.23. The van der Waals surface area contributed by atoms with Crippen molar-refractivity contribution in [3.63, 3.8) is 0 Å². The van der Waals surface area contributed by atoms with Crippen LogP contribution in [-0.4, -0.2) is 48.1 Å². The second-order valence-corrected chi connectivity index (χ2v) is 12.9. The van der Waals surface area contributed by atoms with Gasteiger partial charge in [0.05, 0.1) is 41.9 Å². The molecule has 48 heavy (non-hydrogen) atoms. The smallest absolute Gasteiger partial charge is 0.230 e. The first kappa shape index (κ1) is 36.6. The molecule has 2 N–H and O–H groups in total. The van der Waals surface area contributed by atoms with Gasteiger partial charge in [0, 0.05) is 43.3 Å². The third kappa shape index (κ3) is 7.69. The maximum Gasteiger partial charge on any atom is 0.230 e. The highest BCUT2D eigenvalue weighted by molar-refractivity contribution is 9.10. The van der Waals surface area contributed by atoms with Gasteiger partial charge in [0.2, 0.25) is 17.0 Å². The molecule has 1 unspecified atom stereocenters. The first-order valence-corrected chi connectivity index (χ1v) is 18.1. The van der Waals surface area contributed by atoms with Crippen LogP contribution in [0.5, 0.6) is 11.6 Å². The molecule has 9 nitrogen and oxygen atoms in total. The predicted octanol–water partition coefficient (Wildman–Crippen LogP) is 9.08. The van der Waals surface area contributed by atoms with Crippen molar-refractivity contribution < 1.29 is 27.4 Å². The van der Waals surface area contributed by atoms with Gasteiger partial charge in [0.1, 0.15) is 40.9 Å². The zero-order valence-electron chi connectivity index (χ0n) is 25.0. The second kappa shape index (κ2) is 15.9. The van der Waals surface area contributed by atoms with Crippen LogP contribution in [0.15, 0.2) is 71.9 Å². The third-order valence-corrected chi connectivity index (χ3v) is 8.83. The Balaban J connectivity index is 0.000000160. The zero-order chi connectivity index (χ0) is 34.6. The number of rotatable bonds is 0. The zero-order valence-corrected chi connectivity index (χ0v) is 31.2. The van der Waals surface area contributed by atoms with Crippen LogP contribution in [0.3, 0.4) is 0 Å². The molecule has 2 aromatic carbocycles. The molecule has 1 fully saturated rings. The fourth-order valence-electron chi connectivity index (χ4n) is 5.10. The van der Waals surface area contributed by atoms with E-state index in [0.29, 0.717) is 43.1 Å². The minimum Gasteiger partial charge on any atom is -0.438 e. The van der Waals surface area contributed by atoms with Gasteiger partial charge in [0.25, 0.3) is 0 Å². The normalized spacial score (nSPS) is 17.5. The summed E-state index contributed by atoms with van der Waals surface area (Å²) in [6, 6.07) is 8.65. The Hall–Kier alpha value is -2.72. The number of ether oxygens (including phenoxy) is 3. The lowest BCUT2D eigenvalue weighted by Crippen LogP contribution is -2.42. The van der Waals surface area contributed by atoms with E-state index in [9.17, 15) is 13.6 Å². The molecule has 16 heteroatoms. The van der Waals surface area contributed by atoms with E-state index in [4.69, 9.17) is 47.6 Å². The van der Waals surface area contributed by atoms with Crippen LogP contribution < -0.4 is 15.9 Å². The van der Waals surface area contributed by atoms with Gasteiger partial charge >= 0.3 is 0 Å². The van der Waals surface area contributed by atoms with Gasteiger partial charge in [-0.05, 0) is 74.8 Å². The number of nitrogens with zero attached hydrogens (tertiary/aromatic N) is 3. The lowest BCUT2D eigenvalue weighted by atomic mass is 9.81. The van der Waals surface area contributed by atoms with Gasteiger partial charge in [-0.15, -0.1) is 0 Å².